The van der Waals surface area contributed by atoms with Gasteiger partial charge in [-0.25, -0.2) is 13.4 Å². The number of para-hydroxylation sites is 1. The molecule has 1 saturated heterocycles. The monoisotopic (exact) mass is 478 g/mol. The molecule has 3 aromatic rings. The Morgan fingerprint density at radius 2 is 1.97 bits per heavy atom. The van der Waals surface area contributed by atoms with Gasteiger partial charge < -0.3 is 4.90 Å². The van der Waals surface area contributed by atoms with Crippen molar-refractivity contribution in [2.24, 2.45) is 0 Å². The molecule has 0 radical (unpaired) electrons. The Balaban J connectivity index is 1.68. The Morgan fingerprint density at radius 3 is 2.68 bits per heavy atom. The van der Waals surface area contributed by atoms with Gasteiger partial charge in [0.2, 0.25) is 5.91 Å². The third kappa shape index (κ3) is 4.68. The van der Waals surface area contributed by atoms with E-state index in [2.05, 4.69) is 4.98 Å². The lowest BCUT2D eigenvalue weighted by Crippen LogP contribution is -2.53. The van der Waals surface area contributed by atoms with E-state index >= 15 is 0 Å². The minimum atomic E-state index is -3.71. The van der Waals surface area contributed by atoms with E-state index in [-0.39, 0.29) is 10.1 Å². The second kappa shape index (κ2) is 9.33. The van der Waals surface area contributed by atoms with Gasteiger partial charge >= 0.3 is 0 Å². The van der Waals surface area contributed by atoms with Crippen LogP contribution in [0.25, 0.3) is 10.2 Å². The van der Waals surface area contributed by atoms with Crippen LogP contribution in [0, 0.1) is 0 Å². The summed E-state index contributed by atoms with van der Waals surface area (Å²) in [6, 6.07) is 10.4. The smallest absolute Gasteiger partial charge is 0.253 e. The Labute approximate surface area is 191 Å². The zero-order valence-corrected chi connectivity index (χ0v) is 20.0. The number of thiophene rings is 1. The van der Waals surface area contributed by atoms with Gasteiger partial charge in [0.1, 0.15) is 10.3 Å². The van der Waals surface area contributed by atoms with E-state index in [1.807, 2.05) is 43.3 Å². The molecule has 1 aromatic carbocycles. The molecule has 0 spiro atoms. The summed E-state index contributed by atoms with van der Waals surface area (Å²) in [6.07, 6.45) is 2.11. The van der Waals surface area contributed by atoms with Crippen molar-refractivity contribution >= 4 is 54.0 Å². The number of sulfonamides is 1. The minimum absolute atomic E-state index is 0.194. The number of nitrogens with zero attached hydrogens (tertiary/aromatic N) is 4. The van der Waals surface area contributed by atoms with Crippen molar-refractivity contribution in [2.75, 3.05) is 38.6 Å². The number of aromatic nitrogens is 1. The fourth-order valence-electron chi connectivity index (χ4n) is 3.72. The SMILES string of the molecule is CN(C)CCN(C(=O)C1CCCCN1S(=O)(=O)c1cccs1)c1nc2ccccc2s1. The Hall–Kier alpha value is -1.85. The molecule has 1 aliphatic heterocycles. The lowest BCUT2D eigenvalue weighted by molar-refractivity contribution is -0.123. The van der Waals surface area contributed by atoms with Gasteiger partial charge in [-0.2, -0.15) is 4.31 Å². The van der Waals surface area contributed by atoms with E-state index in [9.17, 15) is 13.2 Å². The number of likely N-dealkylation sites (N-methyl/N-ethyl adjacent to an activating group) is 1. The molecule has 4 rings (SSSR count). The van der Waals surface area contributed by atoms with Gasteiger partial charge in [-0.3, -0.25) is 9.69 Å². The number of piperidine rings is 1. The van der Waals surface area contributed by atoms with Crippen LogP contribution in [-0.2, 0) is 14.8 Å². The maximum atomic E-state index is 13.8. The summed E-state index contributed by atoms with van der Waals surface area (Å²) in [5.74, 6) is -0.194. The average molecular weight is 479 g/mol. The average Bonchev–Trinajstić information content (AvgIpc) is 3.44. The Morgan fingerprint density at radius 1 is 1.16 bits per heavy atom. The van der Waals surface area contributed by atoms with Gasteiger partial charge in [0.25, 0.3) is 10.0 Å². The van der Waals surface area contributed by atoms with Crippen LogP contribution in [0.4, 0.5) is 5.13 Å². The van der Waals surface area contributed by atoms with Gasteiger partial charge in [0.15, 0.2) is 5.13 Å². The summed E-state index contributed by atoms with van der Waals surface area (Å²) < 4.78 is 29.2. The van der Waals surface area contributed by atoms with Crippen LogP contribution in [0.1, 0.15) is 19.3 Å². The highest BCUT2D eigenvalue weighted by atomic mass is 32.2. The zero-order chi connectivity index (χ0) is 22.0. The predicted octanol–water partition coefficient (Wildman–Crippen LogP) is 3.50. The van der Waals surface area contributed by atoms with E-state index < -0.39 is 16.1 Å². The molecule has 0 bridgehead atoms. The van der Waals surface area contributed by atoms with Crippen molar-refractivity contribution in [2.45, 2.75) is 29.5 Å². The molecule has 1 aliphatic rings. The number of benzene rings is 1. The molecular formula is C21H26N4O3S3. The Kier molecular flexibility index (Phi) is 6.73. The lowest BCUT2D eigenvalue weighted by atomic mass is 10.0. The lowest BCUT2D eigenvalue weighted by Gasteiger charge is -2.36. The van der Waals surface area contributed by atoms with E-state index in [0.717, 1.165) is 23.1 Å². The molecule has 7 nitrogen and oxygen atoms in total. The third-order valence-corrected chi connectivity index (χ3v) is 9.69. The van der Waals surface area contributed by atoms with Crippen molar-refractivity contribution in [3.63, 3.8) is 0 Å². The molecule has 166 valence electrons. The quantitative estimate of drug-likeness (QED) is 0.520. The van der Waals surface area contributed by atoms with Crippen molar-refractivity contribution in [1.29, 1.82) is 0 Å². The summed E-state index contributed by atoms with van der Waals surface area (Å²) in [4.78, 5) is 22.2. The first-order valence-electron chi connectivity index (χ1n) is 10.2. The number of amides is 1. The first-order valence-corrected chi connectivity index (χ1v) is 13.4. The molecule has 2 aromatic heterocycles. The van der Waals surface area contributed by atoms with Crippen LogP contribution in [-0.4, -0.2) is 68.3 Å². The molecule has 1 amide bonds. The van der Waals surface area contributed by atoms with Crippen LogP contribution in [0.15, 0.2) is 46.0 Å². The van der Waals surface area contributed by atoms with Gasteiger partial charge in [-0.15, -0.1) is 11.3 Å². The summed E-state index contributed by atoms with van der Waals surface area (Å²) >= 11 is 2.65. The Bertz CT molecular complexity index is 1110. The summed E-state index contributed by atoms with van der Waals surface area (Å²) in [5, 5.41) is 2.37. The van der Waals surface area contributed by atoms with Gasteiger partial charge in [0.05, 0.1) is 10.2 Å². The van der Waals surface area contributed by atoms with Crippen molar-refractivity contribution in [3.05, 3.63) is 41.8 Å². The van der Waals surface area contributed by atoms with Crippen LogP contribution in [0.3, 0.4) is 0 Å². The summed E-state index contributed by atoms with van der Waals surface area (Å²) in [7, 11) is 0.200. The van der Waals surface area contributed by atoms with Crippen LogP contribution >= 0.6 is 22.7 Å². The molecule has 1 unspecified atom stereocenters. The minimum Gasteiger partial charge on any atom is -0.308 e. The van der Waals surface area contributed by atoms with Crippen molar-refractivity contribution in [1.82, 2.24) is 14.2 Å². The molecule has 31 heavy (non-hydrogen) atoms. The van der Waals surface area contributed by atoms with Crippen LogP contribution in [0.2, 0.25) is 0 Å². The summed E-state index contributed by atoms with van der Waals surface area (Å²) in [6.45, 7) is 1.47. The van der Waals surface area contributed by atoms with Crippen molar-refractivity contribution in [3.8, 4) is 0 Å². The highest BCUT2D eigenvalue weighted by Crippen LogP contribution is 2.32. The van der Waals surface area contributed by atoms with E-state index in [1.54, 1.807) is 22.4 Å². The fraction of sp³-hybridized carbons (Fsp3) is 0.429. The number of hydrogen-bond acceptors (Lipinski definition) is 7. The van der Waals surface area contributed by atoms with Gasteiger partial charge in [-0.05, 0) is 50.5 Å². The normalized spacial score (nSPS) is 18.0. The van der Waals surface area contributed by atoms with Crippen molar-refractivity contribution < 1.29 is 13.2 Å². The second-order valence-corrected chi connectivity index (χ2v) is 11.9. The molecule has 1 fully saturated rings. The number of carbonyl (C=O) groups excluding carboxylic acids is 1. The maximum absolute atomic E-state index is 13.8. The first-order chi connectivity index (χ1) is 14.9. The molecule has 0 aliphatic carbocycles. The van der Waals surface area contributed by atoms with Crippen LogP contribution in [0.5, 0.6) is 0 Å². The van der Waals surface area contributed by atoms with E-state index in [1.165, 1.54) is 27.0 Å². The van der Waals surface area contributed by atoms with E-state index in [4.69, 9.17) is 0 Å². The zero-order valence-electron chi connectivity index (χ0n) is 17.6. The summed E-state index contributed by atoms with van der Waals surface area (Å²) in [5.41, 5.74) is 0.844. The number of thiazole rings is 1. The molecule has 10 heteroatoms. The second-order valence-electron chi connectivity index (χ2n) is 7.82. The van der Waals surface area contributed by atoms with Crippen LogP contribution < -0.4 is 4.90 Å². The first kappa shape index (κ1) is 22.3. The molecule has 3 heterocycles. The molecule has 0 saturated carbocycles. The fourth-order valence-corrected chi connectivity index (χ4v) is 7.49. The molecular weight excluding hydrogens is 452 g/mol. The standard InChI is InChI=1S/C21H26N4O3S3/c1-23(2)13-14-24(21-22-16-8-3-4-10-18(16)30-21)20(26)17-9-5-6-12-25(17)31(27,28)19-11-7-15-29-19/h3-4,7-8,10-11,15,17H,5-6,9,12-14H2,1-2H3. The van der Waals surface area contributed by atoms with Gasteiger partial charge in [0, 0.05) is 19.6 Å². The number of hydrogen-bond donors (Lipinski definition) is 0. The highest BCUT2D eigenvalue weighted by molar-refractivity contribution is 7.91. The maximum Gasteiger partial charge on any atom is 0.253 e. The number of rotatable bonds is 7. The third-order valence-electron chi connectivity index (χ3n) is 5.35. The number of anilines is 1. The largest absolute Gasteiger partial charge is 0.308 e. The molecule has 1 atom stereocenters. The number of fused-ring (bicyclic) bond motifs is 1. The predicted molar refractivity (Wildman–Crippen MR) is 126 cm³/mol. The molecule has 0 N–H and O–H groups in total. The van der Waals surface area contributed by atoms with Gasteiger partial charge in [-0.1, -0.05) is 36.0 Å². The topological polar surface area (TPSA) is 73.8 Å². The van der Waals surface area contributed by atoms with E-state index in [0.29, 0.717) is 31.2 Å². The highest BCUT2D eigenvalue weighted by Gasteiger charge is 2.40. The number of carbonyl (C=O) groups is 1.